The van der Waals surface area contributed by atoms with Crippen molar-refractivity contribution in [1.82, 2.24) is 5.32 Å². The number of nitrogens with one attached hydrogen (secondary N) is 1. The fraction of sp³-hybridized carbons (Fsp3) is 0.609. The SMILES string of the molecule is C/C(=C\CC1=C(O)C(NCC(=O)O)=CC(=O)C1=O)CC[C@@]1(C)CCC[C@@H](C)C1C. The molecule has 0 aromatic heterocycles. The number of allylic oxidation sites excluding steroid dienone is 4. The molecule has 0 aliphatic heterocycles. The second kappa shape index (κ2) is 9.42. The lowest BCUT2D eigenvalue weighted by atomic mass is 9.62. The van der Waals surface area contributed by atoms with Crippen LogP contribution in [0.15, 0.2) is 34.8 Å². The third-order valence-electron chi connectivity index (χ3n) is 6.85. The minimum atomic E-state index is -1.12. The zero-order chi connectivity index (χ0) is 21.8. The summed E-state index contributed by atoms with van der Waals surface area (Å²) in [5.41, 5.74) is 1.42. The van der Waals surface area contributed by atoms with Gasteiger partial charge in [0.15, 0.2) is 0 Å². The second-order valence-corrected chi connectivity index (χ2v) is 8.89. The molecule has 0 saturated heterocycles. The van der Waals surface area contributed by atoms with Crippen LogP contribution in [0, 0.1) is 17.3 Å². The van der Waals surface area contributed by atoms with Gasteiger partial charge in [-0.3, -0.25) is 14.4 Å². The number of carboxylic acid groups (broad SMARTS) is 1. The molecule has 1 fully saturated rings. The van der Waals surface area contributed by atoms with Crippen LogP contribution in [0.1, 0.15) is 66.2 Å². The standard InChI is InChI=1S/C23H33NO5/c1-14(9-11-23(4)10-5-6-15(2)16(23)3)7-8-17-21(28)18(24-13-20(26)27)12-19(25)22(17)29/h7,12,15-16,24,28H,5-6,8-11,13H2,1-4H3,(H,26,27)/b14-7+/t15-,16?,23-/m1/s1. The summed E-state index contributed by atoms with van der Waals surface area (Å²) < 4.78 is 0. The molecule has 6 heteroatoms. The van der Waals surface area contributed by atoms with Crippen LogP contribution in [0.25, 0.3) is 0 Å². The van der Waals surface area contributed by atoms with E-state index in [-0.39, 0.29) is 23.5 Å². The Morgan fingerprint density at radius 1 is 1.34 bits per heavy atom. The molecule has 0 bridgehead atoms. The minimum absolute atomic E-state index is 0.00982. The van der Waals surface area contributed by atoms with Crippen LogP contribution in [-0.4, -0.2) is 34.3 Å². The molecule has 0 aromatic carbocycles. The molecular formula is C23H33NO5. The van der Waals surface area contributed by atoms with Crippen molar-refractivity contribution in [3.63, 3.8) is 0 Å². The highest BCUT2D eigenvalue weighted by atomic mass is 16.4. The number of aliphatic carboxylic acids is 1. The first-order valence-corrected chi connectivity index (χ1v) is 10.4. The van der Waals surface area contributed by atoms with E-state index in [1.165, 1.54) is 19.3 Å². The summed E-state index contributed by atoms with van der Waals surface area (Å²) >= 11 is 0. The molecule has 1 unspecified atom stereocenters. The Hall–Kier alpha value is -2.37. The maximum absolute atomic E-state index is 12.2. The molecule has 2 aliphatic rings. The van der Waals surface area contributed by atoms with Crippen LogP contribution in [0.5, 0.6) is 0 Å². The lowest BCUT2D eigenvalue weighted by Gasteiger charge is -2.44. The zero-order valence-corrected chi connectivity index (χ0v) is 17.9. The number of hydrogen-bond donors (Lipinski definition) is 3. The van der Waals surface area contributed by atoms with Gasteiger partial charge in [0, 0.05) is 6.08 Å². The van der Waals surface area contributed by atoms with Crippen molar-refractivity contribution < 1.29 is 24.6 Å². The van der Waals surface area contributed by atoms with Crippen molar-refractivity contribution in [1.29, 1.82) is 0 Å². The number of ketones is 2. The Morgan fingerprint density at radius 2 is 2.03 bits per heavy atom. The van der Waals surface area contributed by atoms with Crippen molar-refractivity contribution in [3.05, 3.63) is 34.8 Å². The van der Waals surface area contributed by atoms with Gasteiger partial charge in [-0.1, -0.05) is 45.3 Å². The average Bonchev–Trinajstić information content (AvgIpc) is 2.66. The number of hydrogen-bond acceptors (Lipinski definition) is 5. The van der Waals surface area contributed by atoms with Crippen molar-refractivity contribution in [2.75, 3.05) is 6.54 Å². The van der Waals surface area contributed by atoms with Gasteiger partial charge in [-0.2, -0.15) is 0 Å². The van der Waals surface area contributed by atoms with E-state index in [9.17, 15) is 19.5 Å². The fourth-order valence-electron chi connectivity index (χ4n) is 4.38. The Balaban J connectivity index is 2.05. The van der Waals surface area contributed by atoms with Gasteiger partial charge in [-0.05, 0) is 49.9 Å². The number of carbonyl (C=O) groups is 3. The third-order valence-corrected chi connectivity index (χ3v) is 6.85. The Morgan fingerprint density at radius 3 is 2.69 bits per heavy atom. The molecule has 0 amide bonds. The van der Waals surface area contributed by atoms with Gasteiger partial charge in [0.25, 0.3) is 0 Å². The Labute approximate surface area is 172 Å². The van der Waals surface area contributed by atoms with Gasteiger partial charge in [0.05, 0.1) is 11.3 Å². The Bertz CT molecular complexity index is 776. The maximum atomic E-state index is 12.2. The van der Waals surface area contributed by atoms with Crippen molar-refractivity contribution >= 4 is 17.5 Å². The van der Waals surface area contributed by atoms with Gasteiger partial charge >= 0.3 is 5.97 Å². The van der Waals surface area contributed by atoms with Crippen LogP contribution in [0.4, 0.5) is 0 Å². The summed E-state index contributed by atoms with van der Waals surface area (Å²) in [4.78, 5) is 34.8. The molecule has 0 heterocycles. The van der Waals surface area contributed by atoms with E-state index < -0.39 is 24.1 Å². The molecule has 2 rings (SSSR count). The topological polar surface area (TPSA) is 104 Å². The number of carboxylic acids is 1. The van der Waals surface area contributed by atoms with Gasteiger partial charge in [0.2, 0.25) is 11.6 Å². The minimum Gasteiger partial charge on any atom is -0.505 e. The smallest absolute Gasteiger partial charge is 0.322 e. The summed E-state index contributed by atoms with van der Waals surface area (Å²) in [5, 5.41) is 21.6. The summed E-state index contributed by atoms with van der Waals surface area (Å²) in [7, 11) is 0. The molecule has 2 aliphatic carbocycles. The highest BCUT2D eigenvalue weighted by molar-refractivity contribution is 6.48. The molecule has 29 heavy (non-hydrogen) atoms. The maximum Gasteiger partial charge on any atom is 0.322 e. The lowest BCUT2D eigenvalue weighted by Crippen LogP contribution is -2.34. The fourth-order valence-corrected chi connectivity index (χ4v) is 4.38. The van der Waals surface area contributed by atoms with E-state index in [1.54, 1.807) is 0 Å². The van der Waals surface area contributed by atoms with Gasteiger partial charge < -0.3 is 15.5 Å². The quantitative estimate of drug-likeness (QED) is 0.320. The first-order valence-electron chi connectivity index (χ1n) is 10.4. The summed E-state index contributed by atoms with van der Waals surface area (Å²) in [6, 6.07) is 0. The van der Waals surface area contributed by atoms with Crippen molar-refractivity contribution in [2.45, 2.75) is 66.2 Å². The molecule has 0 spiro atoms. The van der Waals surface area contributed by atoms with Gasteiger partial charge in [-0.15, -0.1) is 0 Å². The first-order chi connectivity index (χ1) is 13.5. The largest absolute Gasteiger partial charge is 0.505 e. The lowest BCUT2D eigenvalue weighted by molar-refractivity contribution is -0.135. The van der Waals surface area contributed by atoms with E-state index in [4.69, 9.17) is 5.11 Å². The predicted molar refractivity (Wildman–Crippen MR) is 111 cm³/mol. The number of carbonyl (C=O) groups excluding carboxylic acids is 2. The number of Topliss-reactive ketones (excluding diaryl/α,β-unsaturated/α-hetero) is 1. The van der Waals surface area contributed by atoms with Gasteiger partial charge in [0.1, 0.15) is 12.3 Å². The first kappa shape index (κ1) is 22.9. The molecule has 0 aromatic rings. The zero-order valence-electron chi connectivity index (χ0n) is 17.9. The Kier molecular flexibility index (Phi) is 7.44. The number of rotatable bonds is 8. The van der Waals surface area contributed by atoms with E-state index >= 15 is 0 Å². The van der Waals surface area contributed by atoms with E-state index in [1.807, 2.05) is 13.0 Å². The summed E-state index contributed by atoms with van der Waals surface area (Å²) in [6.07, 6.45) is 8.75. The monoisotopic (exact) mass is 403 g/mol. The molecule has 0 radical (unpaired) electrons. The molecule has 3 atom stereocenters. The second-order valence-electron chi connectivity index (χ2n) is 8.89. The third kappa shape index (κ3) is 5.58. The highest BCUT2D eigenvalue weighted by Gasteiger charge is 2.37. The summed E-state index contributed by atoms with van der Waals surface area (Å²) in [6.45, 7) is 8.59. The molecular weight excluding hydrogens is 370 g/mol. The highest BCUT2D eigenvalue weighted by Crippen LogP contribution is 2.47. The van der Waals surface area contributed by atoms with Crippen molar-refractivity contribution in [2.24, 2.45) is 17.3 Å². The normalized spacial score (nSPS) is 28.4. The molecule has 1 saturated carbocycles. The molecule has 160 valence electrons. The van der Waals surface area contributed by atoms with E-state index in [2.05, 4.69) is 26.1 Å². The van der Waals surface area contributed by atoms with E-state index in [0.717, 1.165) is 30.4 Å². The van der Waals surface area contributed by atoms with Crippen LogP contribution in [0.3, 0.4) is 0 Å². The van der Waals surface area contributed by atoms with Crippen LogP contribution >= 0.6 is 0 Å². The van der Waals surface area contributed by atoms with Crippen molar-refractivity contribution in [3.8, 4) is 0 Å². The van der Waals surface area contributed by atoms with Gasteiger partial charge in [-0.25, -0.2) is 0 Å². The van der Waals surface area contributed by atoms with Crippen LogP contribution < -0.4 is 5.32 Å². The van der Waals surface area contributed by atoms with E-state index in [0.29, 0.717) is 11.3 Å². The number of aliphatic hydroxyl groups excluding tert-OH is 1. The predicted octanol–water partition coefficient (Wildman–Crippen LogP) is 4.09. The molecule has 3 N–H and O–H groups in total. The number of aliphatic hydroxyl groups is 1. The summed E-state index contributed by atoms with van der Waals surface area (Å²) in [5.74, 6) is -1.57. The average molecular weight is 404 g/mol. The van der Waals surface area contributed by atoms with Crippen LogP contribution in [0.2, 0.25) is 0 Å². The molecule has 6 nitrogen and oxygen atoms in total. The van der Waals surface area contributed by atoms with Crippen LogP contribution in [-0.2, 0) is 14.4 Å².